The molecular weight excluding hydrogens is 367 g/mol. The Kier molecular flexibility index (Phi) is 5.71. The van der Waals surface area contributed by atoms with Gasteiger partial charge in [-0.25, -0.2) is 9.37 Å². The minimum absolute atomic E-state index is 0.168. The highest BCUT2D eigenvalue weighted by atomic mass is 32.1. The number of hydrogen-bond acceptors (Lipinski definition) is 5. The fourth-order valence-corrected chi connectivity index (χ4v) is 3.36. The maximum atomic E-state index is 13.9. The fourth-order valence-electron chi connectivity index (χ4n) is 2.55. The molecule has 3 rings (SSSR count). The lowest BCUT2D eigenvalue weighted by Gasteiger charge is -2.14. The topological polar surface area (TPSA) is 60.5 Å². The van der Waals surface area contributed by atoms with E-state index in [1.807, 2.05) is 24.3 Å². The number of carbonyl (C=O) groups is 1. The second-order valence-corrected chi connectivity index (χ2v) is 6.71. The van der Waals surface area contributed by atoms with Gasteiger partial charge in [-0.3, -0.25) is 4.79 Å². The van der Waals surface area contributed by atoms with E-state index in [9.17, 15) is 9.18 Å². The molecule has 0 fully saturated rings. The minimum Gasteiger partial charge on any atom is -0.497 e. The van der Waals surface area contributed by atoms with E-state index in [1.165, 1.54) is 30.6 Å². The van der Waals surface area contributed by atoms with Crippen LogP contribution < -0.4 is 14.8 Å². The first-order chi connectivity index (χ1) is 13.0. The molecule has 0 aliphatic heterocycles. The molecule has 27 heavy (non-hydrogen) atoms. The van der Waals surface area contributed by atoms with E-state index in [1.54, 1.807) is 25.5 Å². The van der Waals surface area contributed by atoms with Gasteiger partial charge in [0.2, 0.25) is 0 Å². The second kappa shape index (κ2) is 8.18. The van der Waals surface area contributed by atoms with Gasteiger partial charge in [0.1, 0.15) is 16.5 Å². The number of halogens is 1. The molecule has 2 aromatic carbocycles. The van der Waals surface area contributed by atoms with E-state index in [0.717, 1.165) is 16.3 Å². The molecule has 0 unspecified atom stereocenters. The highest BCUT2D eigenvalue weighted by Gasteiger charge is 2.16. The van der Waals surface area contributed by atoms with Crippen LogP contribution in [0, 0.1) is 5.82 Å². The summed E-state index contributed by atoms with van der Waals surface area (Å²) in [6.07, 6.45) is 0. The largest absolute Gasteiger partial charge is 0.497 e. The molecule has 0 saturated carbocycles. The summed E-state index contributed by atoms with van der Waals surface area (Å²) >= 11 is 1.39. The Balaban J connectivity index is 1.70. The van der Waals surface area contributed by atoms with Crippen molar-refractivity contribution in [3.05, 3.63) is 64.9 Å². The third-order valence-corrected chi connectivity index (χ3v) is 4.99. The van der Waals surface area contributed by atoms with Crippen LogP contribution in [0.15, 0.2) is 47.8 Å². The molecule has 0 spiro atoms. The predicted octanol–water partition coefficient (Wildman–Crippen LogP) is 4.46. The van der Waals surface area contributed by atoms with E-state index in [2.05, 4.69) is 10.3 Å². The molecule has 1 amide bonds. The molecule has 1 aromatic heterocycles. The molecule has 140 valence electrons. The zero-order chi connectivity index (χ0) is 19.4. The first kappa shape index (κ1) is 18.8. The molecule has 1 N–H and O–H groups in total. The van der Waals surface area contributed by atoms with E-state index in [0.29, 0.717) is 11.3 Å². The van der Waals surface area contributed by atoms with Crippen LogP contribution in [0.4, 0.5) is 4.39 Å². The van der Waals surface area contributed by atoms with Crippen LogP contribution in [0.25, 0.3) is 10.6 Å². The maximum absolute atomic E-state index is 13.9. The molecule has 5 nitrogen and oxygen atoms in total. The van der Waals surface area contributed by atoms with E-state index in [4.69, 9.17) is 9.47 Å². The average Bonchev–Trinajstić information content (AvgIpc) is 3.18. The quantitative estimate of drug-likeness (QED) is 0.680. The molecule has 3 aromatic rings. The van der Waals surface area contributed by atoms with Crippen molar-refractivity contribution in [2.75, 3.05) is 14.2 Å². The Hall–Kier alpha value is -2.93. The number of amides is 1. The van der Waals surface area contributed by atoms with Gasteiger partial charge >= 0.3 is 0 Å². The molecular formula is C20H19FN2O3S. The number of nitrogens with zero attached hydrogens (tertiary/aromatic N) is 1. The van der Waals surface area contributed by atoms with Crippen LogP contribution in [-0.4, -0.2) is 25.1 Å². The van der Waals surface area contributed by atoms with Crippen LogP contribution in [0.2, 0.25) is 0 Å². The van der Waals surface area contributed by atoms with Crippen molar-refractivity contribution in [2.45, 2.75) is 13.0 Å². The summed E-state index contributed by atoms with van der Waals surface area (Å²) < 4.78 is 23.9. The van der Waals surface area contributed by atoms with Crippen LogP contribution in [0.3, 0.4) is 0 Å². The highest BCUT2D eigenvalue weighted by Crippen LogP contribution is 2.26. The first-order valence-electron chi connectivity index (χ1n) is 8.26. The summed E-state index contributed by atoms with van der Waals surface area (Å²) in [5, 5.41) is 5.28. The number of methoxy groups -OCH3 is 2. The van der Waals surface area contributed by atoms with Crippen molar-refractivity contribution in [1.29, 1.82) is 0 Å². The van der Waals surface area contributed by atoms with Gasteiger partial charge in [0.05, 0.1) is 20.3 Å². The summed E-state index contributed by atoms with van der Waals surface area (Å²) in [4.78, 5) is 16.9. The van der Waals surface area contributed by atoms with Crippen LogP contribution >= 0.6 is 11.3 Å². The summed E-state index contributed by atoms with van der Waals surface area (Å²) in [7, 11) is 3.02. The summed E-state index contributed by atoms with van der Waals surface area (Å²) in [6.45, 7) is 1.79. The monoisotopic (exact) mass is 386 g/mol. The van der Waals surface area contributed by atoms with Crippen molar-refractivity contribution in [1.82, 2.24) is 10.3 Å². The van der Waals surface area contributed by atoms with Gasteiger partial charge < -0.3 is 14.8 Å². The molecule has 1 atom stereocenters. The zero-order valence-corrected chi connectivity index (χ0v) is 16.0. The van der Waals surface area contributed by atoms with Crippen molar-refractivity contribution in [3.8, 4) is 22.1 Å². The van der Waals surface area contributed by atoms with Crippen LogP contribution in [-0.2, 0) is 0 Å². The number of nitrogens with one attached hydrogen (secondary N) is 1. The molecule has 0 aliphatic carbocycles. The number of aromatic nitrogens is 1. The lowest BCUT2D eigenvalue weighted by Crippen LogP contribution is -2.27. The lowest BCUT2D eigenvalue weighted by atomic mass is 10.1. The second-order valence-electron chi connectivity index (χ2n) is 5.86. The minimum atomic E-state index is -0.466. The molecule has 0 saturated heterocycles. The number of hydrogen-bond donors (Lipinski definition) is 1. The summed E-state index contributed by atoms with van der Waals surface area (Å²) in [5.41, 5.74) is 1.88. The van der Waals surface area contributed by atoms with Gasteiger partial charge in [0.15, 0.2) is 11.6 Å². The van der Waals surface area contributed by atoms with Crippen molar-refractivity contribution in [3.63, 3.8) is 0 Å². The zero-order valence-electron chi connectivity index (χ0n) is 15.2. The van der Waals surface area contributed by atoms with Gasteiger partial charge in [-0.05, 0) is 48.9 Å². The number of rotatable bonds is 6. The average molecular weight is 386 g/mol. The summed E-state index contributed by atoms with van der Waals surface area (Å²) in [6, 6.07) is 11.7. The number of carbonyl (C=O) groups excluding carboxylic acids is 1. The van der Waals surface area contributed by atoms with Crippen LogP contribution in [0.1, 0.15) is 29.0 Å². The van der Waals surface area contributed by atoms with E-state index in [-0.39, 0.29) is 17.7 Å². The smallest absolute Gasteiger partial charge is 0.271 e. The third kappa shape index (κ3) is 4.25. The van der Waals surface area contributed by atoms with Gasteiger partial charge in [-0.1, -0.05) is 6.07 Å². The van der Waals surface area contributed by atoms with Gasteiger partial charge in [0, 0.05) is 10.9 Å². The van der Waals surface area contributed by atoms with Crippen molar-refractivity contribution in [2.24, 2.45) is 0 Å². The fraction of sp³-hybridized carbons (Fsp3) is 0.200. The number of ether oxygens (including phenoxy) is 2. The Bertz CT molecular complexity index is 941. The molecule has 0 radical (unpaired) electrons. The van der Waals surface area contributed by atoms with Gasteiger partial charge in [-0.2, -0.15) is 0 Å². The van der Waals surface area contributed by atoms with E-state index >= 15 is 0 Å². The van der Waals surface area contributed by atoms with Crippen molar-refractivity contribution >= 4 is 17.2 Å². The van der Waals surface area contributed by atoms with E-state index < -0.39 is 5.82 Å². The lowest BCUT2D eigenvalue weighted by molar-refractivity contribution is 0.0935. The number of benzene rings is 2. The Labute approximate surface area is 160 Å². The highest BCUT2D eigenvalue weighted by molar-refractivity contribution is 7.13. The Morgan fingerprint density at radius 1 is 1.15 bits per heavy atom. The third-order valence-electron chi connectivity index (χ3n) is 4.10. The number of thiazole rings is 1. The van der Waals surface area contributed by atoms with Crippen molar-refractivity contribution < 1.29 is 18.7 Å². The first-order valence-corrected chi connectivity index (χ1v) is 9.14. The predicted molar refractivity (Wildman–Crippen MR) is 103 cm³/mol. The van der Waals surface area contributed by atoms with Crippen LogP contribution in [0.5, 0.6) is 11.5 Å². The Morgan fingerprint density at radius 3 is 2.52 bits per heavy atom. The summed E-state index contributed by atoms with van der Waals surface area (Å²) in [5.74, 6) is 0.149. The normalized spacial score (nSPS) is 11.7. The van der Waals surface area contributed by atoms with Gasteiger partial charge in [-0.15, -0.1) is 11.3 Å². The standard InChI is InChI=1S/C20H19FN2O3S/c1-12(14-6-9-18(26-3)16(21)10-14)22-19(24)17-11-27-20(23-17)13-4-7-15(25-2)8-5-13/h4-12H,1-3H3,(H,22,24)/t12-/m1/s1. The van der Waals surface area contributed by atoms with Gasteiger partial charge in [0.25, 0.3) is 5.91 Å². The maximum Gasteiger partial charge on any atom is 0.271 e. The molecule has 7 heteroatoms. The molecule has 0 aliphatic rings. The SMILES string of the molecule is COc1ccc(-c2nc(C(=O)N[C@H](C)c3ccc(OC)c(F)c3)cs2)cc1. The Morgan fingerprint density at radius 2 is 1.89 bits per heavy atom. The molecule has 0 bridgehead atoms. The molecule has 1 heterocycles.